The Labute approximate surface area is 244 Å². The maximum Gasteiger partial charge on any atom is 0.410 e. The molecule has 12 heteroatoms. The number of rotatable bonds is 9. The van der Waals surface area contributed by atoms with Gasteiger partial charge in [0, 0.05) is 43.0 Å². The molecule has 0 aliphatic carbocycles. The third-order valence-electron chi connectivity index (χ3n) is 7.20. The Hall–Kier alpha value is -3.93. The van der Waals surface area contributed by atoms with Crippen LogP contribution in [0.5, 0.6) is 11.5 Å². The van der Waals surface area contributed by atoms with Crippen LogP contribution >= 0.6 is 15.9 Å². The summed E-state index contributed by atoms with van der Waals surface area (Å²) in [5, 5.41) is 3.35. The Kier molecular flexibility index (Phi) is 8.87. The molecule has 4 aromatic rings. The Morgan fingerprint density at radius 2 is 1.95 bits per heavy atom. The summed E-state index contributed by atoms with van der Waals surface area (Å²) in [6.45, 7) is 0.490. The van der Waals surface area contributed by atoms with E-state index in [1.807, 2.05) is 52.9 Å². The van der Waals surface area contributed by atoms with E-state index in [9.17, 15) is 13.6 Å². The predicted molar refractivity (Wildman–Crippen MR) is 153 cm³/mol. The van der Waals surface area contributed by atoms with E-state index in [1.165, 1.54) is 0 Å². The van der Waals surface area contributed by atoms with Crippen molar-refractivity contribution in [2.24, 2.45) is 0 Å². The van der Waals surface area contributed by atoms with Crippen LogP contribution in [0, 0.1) is 0 Å². The highest BCUT2D eigenvalue weighted by Gasteiger charge is 2.39. The number of carbonyl (C=O) groups is 1. The number of carbonyl (C=O) groups excluding carboxylic acids is 1. The Balaban J connectivity index is 1.36. The van der Waals surface area contributed by atoms with Crippen molar-refractivity contribution in [3.63, 3.8) is 0 Å². The summed E-state index contributed by atoms with van der Waals surface area (Å²) in [5.74, 6) is 2.30. The molecule has 9 nitrogen and oxygen atoms in total. The van der Waals surface area contributed by atoms with Gasteiger partial charge in [-0.3, -0.25) is 9.30 Å². The Bertz CT molecular complexity index is 1500. The average Bonchev–Trinajstić information content (AvgIpc) is 3.35. The third kappa shape index (κ3) is 6.22. The first-order valence-electron chi connectivity index (χ1n) is 13.1. The van der Waals surface area contributed by atoms with Gasteiger partial charge in [0.1, 0.15) is 34.1 Å². The second kappa shape index (κ2) is 12.7. The van der Waals surface area contributed by atoms with Gasteiger partial charge in [-0.15, -0.1) is 0 Å². The first-order valence-corrected chi connectivity index (χ1v) is 13.9. The van der Waals surface area contributed by atoms with Crippen LogP contribution in [0.3, 0.4) is 0 Å². The molecule has 5 rings (SSSR count). The molecule has 0 radical (unpaired) electrons. The van der Waals surface area contributed by atoms with Gasteiger partial charge in [-0.1, -0.05) is 30.3 Å². The third-order valence-corrected chi connectivity index (χ3v) is 7.76. The standard InChI is InChI=1S/C29H30BrF2N5O4/c1-39-21-10-8-19(23(14-21)40-2)15-34-27-24-25(30)35-28(36(24)13-12-33-27)20-9-11-22(26(31)32)37(16-20)29(38)41-17-18-6-4-3-5-7-18/h3-8,10,12-14,20,22,26H,9,11,15-17H2,1-2H3,(H,33,34)/t20-,22+/m1/s1. The van der Waals surface area contributed by atoms with Crippen LogP contribution in [0.2, 0.25) is 0 Å². The second-order valence-electron chi connectivity index (χ2n) is 9.66. The number of methoxy groups -OCH3 is 2. The SMILES string of the molecule is COc1ccc(CNc2nccn3c([C@@H]4CC[C@@H](C(F)F)N(C(=O)OCc5ccccc5)C4)nc(Br)c23)c(OC)c1. The summed E-state index contributed by atoms with van der Waals surface area (Å²) in [5.41, 5.74) is 2.39. The number of imidazole rings is 1. The number of halogens is 3. The van der Waals surface area contributed by atoms with Crippen LogP contribution in [0.1, 0.15) is 35.7 Å². The van der Waals surface area contributed by atoms with Crippen LogP contribution < -0.4 is 14.8 Å². The van der Waals surface area contributed by atoms with Gasteiger partial charge in [0.2, 0.25) is 0 Å². The molecule has 0 bridgehead atoms. The van der Waals surface area contributed by atoms with Crippen LogP contribution in [0.15, 0.2) is 65.5 Å². The van der Waals surface area contributed by atoms with Crippen molar-refractivity contribution in [1.82, 2.24) is 19.3 Å². The first-order chi connectivity index (χ1) is 19.9. The highest BCUT2D eigenvalue weighted by Crippen LogP contribution is 2.36. The van der Waals surface area contributed by atoms with Gasteiger partial charge >= 0.3 is 6.09 Å². The van der Waals surface area contributed by atoms with E-state index >= 15 is 0 Å². The lowest BCUT2D eigenvalue weighted by molar-refractivity contribution is -0.00662. The molecule has 1 amide bonds. The van der Waals surface area contributed by atoms with E-state index in [4.69, 9.17) is 19.2 Å². The zero-order valence-corrected chi connectivity index (χ0v) is 24.2. The van der Waals surface area contributed by atoms with Crippen LogP contribution in [0.25, 0.3) is 5.52 Å². The number of alkyl halides is 2. The number of nitrogens with zero attached hydrogens (tertiary/aromatic N) is 4. The summed E-state index contributed by atoms with van der Waals surface area (Å²) in [4.78, 5) is 23.4. The molecule has 1 fully saturated rings. The van der Waals surface area contributed by atoms with Crippen molar-refractivity contribution in [3.05, 3.63) is 82.5 Å². The molecule has 1 N–H and O–H groups in total. The number of hydrogen-bond acceptors (Lipinski definition) is 7. The van der Waals surface area contributed by atoms with E-state index in [1.54, 1.807) is 26.6 Å². The molecule has 2 aromatic carbocycles. The van der Waals surface area contributed by atoms with Gasteiger partial charge < -0.3 is 19.5 Å². The lowest BCUT2D eigenvalue weighted by Gasteiger charge is -2.38. The zero-order valence-electron chi connectivity index (χ0n) is 22.6. The molecule has 0 unspecified atom stereocenters. The largest absolute Gasteiger partial charge is 0.497 e. The molecular weight excluding hydrogens is 600 g/mol. The van der Waals surface area contributed by atoms with E-state index in [0.29, 0.717) is 46.2 Å². The monoisotopic (exact) mass is 629 g/mol. The normalized spacial score (nSPS) is 17.1. The van der Waals surface area contributed by atoms with Crippen molar-refractivity contribution >= 4 is 33.4 Å². The number of ether oxygens (including phenoxy) is 3. The summed E-state index contributed by atoms with van der Waals surface area (Å²) in [7, 11) is 3.19. The molecule has 1 aliphatic heterocycles. The van der Waals surface area contributed by atoms with E-state index in [0.717, 1.165) is 16.0 Å². The molecule has 1 aliphatic rings. The minimum absolute atomic E-state index is 0.00827. The van der Waals surface area contributed by atoms with Crippen molar-refractivity contribution in [1.29, 1.82) is 0 Å². The van der Waals surface area contributed by atoms with Gasteiger partial charge in [0.25, 0.3) is 6.43 Å². The number of hydrogen-bond donors (Lipinski definition) is 1. The quantitative estimate of drug-likeness (QED) is 0.233. The fourth-order valence-corrected chi connectivity index (χ4v) is 5.65. The smallest absolute Gasteiger partial charge is 0.410 e. The Morgan fingerprint density at radius 3 is 2.68 bits per heavy atom. The van der Waals surface area contributed by atoms with E-state index in [-0.39, 0.29) is 25.5 Å². The van der Waals surface area contributed by atoms with Crippen molar-refractivity contribution in [2.75, 3.05) is 26.1 Å². The molecule has 0 saturated carbocycles. The van der Waals surface area contributed by atoms with Crippen molar-refractivity contribution < 1.29 is 27.8 Å². The zero-order chi connectivity index (χ0) is 28.9. The average molecular weight is 630 g/mol. The lowest BCUT2D eigenvalue weighted by atomic mass is 9.92. The fraction of sp³-hybridized carbons (Fsp3) is 0.345. The number of likely N-dealkylation sites (tertiary alicyclic amines) is 1. The van der Waals surface area contributed by atoms with Gasteiger partial charge in [-0.05, 0) is 46.5 Å². The molecule has 1 saturated heterocycles. The number of aromatic nitrogens is 3. The molecule has 41 heavy (non-hydrogen) atoms. The molecule has 0 spiro atoms. The first kappa shape index (κ1) is 28.6. The van der Waals surface area contributed by atoms with E-state index < -0.39 is 18.6 Å². The minimum atomic E-state index is -2.68. The summed E-state index contributed by atoms with van der Waals surface area (Å²) in [6.07, 6.45) is 0.549. The number of benzene rings is 2. The molecule has 3 heterocycles. The minimum Gasteiger partial charge on any atom is -0.497 e. The van der Waals surface area contributed by atoms with Crippen molar-refractivity contribution in [3.8, 4) is 11.5 Å². The highest BCUT2D eigenvalue weighted by molar-refractivity contribution is 9.10. The number of amides is 1. The lowest BCUT2D eigenvalue weighted by Crippen LogP contribution is -2.50. The maximum absolute atomic E-state index is 13.9. The molecule has 2 atom stereocenters. The van der Waals surface area contributed by atoms with Crippen molar-refractivity contribution in [2.45, 2.75) is 44.4 Å². The number of anilines is 1. The molecular formula is C29H30BrF2N5O4. The van der Waals surface area contributed by atoms with Gasteiger partial charge in [0.05, 0.1) is 20.3 Å². The van der Waals surface area contributed by atoms with Crippen LogP contribution in [-0.2, 0) is 17.9 Å². The molecule has 2 aromatic heterocycles. The van der Waals surface area contributed by atoms with Crippen LogP contribution in [-0.4, -0.2) is 58.6 Å². The molecule has 216 valence electrons. The summed E-state index contributed by atoms with van der Waals surface area (Å²) >= 11 is 3.56. The number of fused-ring (bicyclic) bond motifs is 1. The van der Waals surface area contributed by atoms with Gasteiger partial charge in [-0.2, -0.15) is 0 Å². The van der Waals surface area contributed by atoms with Gasteiger partial charge in [0.15, 0.2) is 5.82 Å². The maximum atomic E-state index is 13.9. The van der Waals surface area contributed by atoms with Crippen LogP contribution in [0.4, 0.5) is 19.4 Å². The van der Waals surface area contributed by atoms with E-state index in [2.05, 4.69) is 26.2 Å². The highest BCUT2D eigenvalue weighted by atomic mass is 79.9. The second-order valence-corrected chi connectivity index (χ2v) is 10.4. The Morgan fingerprint density at radius 1 is 1.15 bits per heavy atom. The summed E-state index contributed by atoms with van der Waals surface area (Å²) < 4.78 is 46.5. The number of nitrogens with one attached hydrogen (secondary N) is 1. The summed E-state index contributed by atoms with van der Waals surface area (Å²) in [6, 6.07) is 13.5. The topological polar surface area (TPSA) is 90.2 Å². The number of piperidine rings is 1. The predicted octanol–water partition coefficient (Wildman–Crippen LogP) is 6.27. The fourth-order valence-electron chi connectivity index (χ4n) is 5.09. The van der Waals surface area contributed by atoms with Gasteiger partial charge in [-0.25, -0.2) is 23.5 Å².